The zero-order chi connectivity index (χ0) is 10.1. The molecule has 0 spiro atoms. The van der Waals surface area contributed by atoms with Crippen LogP contribution in [-0.4, -0.2) is 28.9 Å². The van der Waals surface area contributed by atoms with Gasteiger partial charge in [-0.05, 0) is 26.7 Å². The lowest BCUT2D eigenvalue weighted by atomic mass is 10.1. The highest BCUT2D eigenvalue weighted by Crippen LogP contribution is 2.29. The van der Waals surface area contributed by atoms with Gasteiger partial charge < -0.3 is 10.4 Å². The molecule has 1 fully saturated rings. The Morgan fingerprint density at radius 2 is 2.00 bits per heavy atom. The molecule has 0 atom stereocenters. The fourth-order valence-electron chi connectivity index (χ4n) is 0.915. The smallest absolute Gasteiger partial charge is 0.287 e. The first-order valence-corrected chi connectivity index (χ1v) is 4.44. The Bertz CT molecular complexity index is 226. The third-order valence-corrected chi connectivity index (χ3v) is 1.85. The van der Waals surface area contributed by atoms with Crippen LogP contribution in [0.2, 0.25) is 0 Å². The number of carbonyl (C=O) groups excluding carboxylic acids is 2. The molecule has 0 radical (unpaired) electrons. The number of hydrogen-bond donors (Lipinski definition) is 2. The van der Waals surface area contributed by atoms with Gasteiger partial charge in [0.25, 0.3) is 5.91 Å². The minimum absolute atomic E-state index is 0.0539. The SMILES string of the molecule is CC(C)(O)CNC(=O)C(=O)C1CC1. The second-order valence-corrected chi connectivity index (χ2v) is 4.13. The van der Waals surface area contributed by atoms with Gasteiger partial charge in [0.1, 0.15) is 0 Å². The molecule has 0 unspecified atom stereocenters. The number of aliphatic hydroxyl groups is 1. The summed E-state index contributed by atoms with van der Waals surface area (Å²) in [4.78, 5) is 22.2. The summed E-state index contributed by atoms with van der Waals surface area (Å²) in [6.07, 6.45) is 1.66. The first kappa shape index (κ1) is 10.2. The molecule has 1 amide bonds. The van der Waals surface area contributed by atoms with Gasteiger partial charge >= 0.3 is 0 Å². The molecule has 74 valence electrons. The van der Waals surface area contributed by atoms with E-state index in [1.165, 1.54) is 0 Å². The lowest BCUT2D eigenvalue weighted by Crippen LogP contribution is -2.41. The van der Waals surface area contributed by atoms with Gasteiger partial charge in [-0.3, -0.25) is 9.59 Å². The summed E-state index contributed by atoms with van der Waals surface area (Å²) >= 11 is 0. The molecule has 1 aliphatic rings. The van der Waals surface area contributed by atoms with Crippen LogP contribution < -0.4 is 5.32 Å². The second-order valence-electron chi connectivity index (χ2n) is 4.13. The highest BCUT2D eigenvalue weighted by molar-refractivity contribution is 6.37. The Labute approximate surface area is 77.3 Å². The molecule has 0 aromatic heterocycles. The summed E-state index contributed by atoms with van der Waals surface area (Å²) in [6, 6.07) is 0. The maximum Gasteiger partial charge on any atom is 0.287 e. The van der Waals surface area contributed by atoms with Crippen LogP contribution in [0, 0.1) is 5.92 Å². The predicted octanol–water partition coefficient (Wildman–Crippen LogP) is -0.147. The Morgan fingerprint density at radius 3 is 2.38 bits per heavy atom. The van der Waals surface area contributed by atoms with Crippen LogP contribution in [-0.2, 0) is 9.59 Å². The van der Waals surface area contributed by atoms with E-state index in [0.29, 0.717) is 0 Å². The highest BCUT2D eigenvalue weighted by atomic mass is 16.3. The van der Waals surface area contributed by atoms with E-state index in [4.69, 9.17) is 0 Å². The fraction of sp³-hybridized carbons (Fsp3) is 0.778. The topological polar surface area (TPSA) is 66.4 Å². The maximum absolute atomic E-state index is 11.1. The molecule has 4 heteroatoms. The average Bonchev–Trinajstić information content (AvgIpc) is 2.79. The first-order valence-electron chi connectivity index (χ1n) is 4.44. The molecule has 1 rings (SSSR count). The highest BCUT2D eigenvalue weighted by Gasteiger charge is 2.34. The van der Waals surface area contributed by atoms with Crippen LogP contribution in [0.15, 0.2) is 0 Å². The number of nitrogens with one attached hydrogen (secondary N) is 1. The van der Waals surface area contributed by atoms with Crippen molar-refractivity contribution < 1.29 is 14.7 Å². The molecule has 0 aliphatic heterocycles. The average molecular weight is 185 g/mol. The van der Waals surface area contributed by atoms with Crippen LogP contribution in [0.3, 0.4) is 0 Å². The quantitative estimate of drug-likeness (QED) is 0.599. The van der Waals surface area contributed by atoms with Gasteiger partial charge in [0.05, 0.1) is 5.60 Å². The van der Waals surface area contributed by atoms with E-state index in [-0.39, 0.29) is 18.2 Å². The molecule has 0 heterocycles. The van der Waals surface area contributed by atoms with Crippen molar-refractivity contribution in [2.75, 3.05) is 6.54 Å². The lowest BCUT2D eigenvalue weighted by Gasteiger charge is -2.16. The zero-order valence-corrected chi connectivity index (χ0v) is 7.96. The third-order valence-electron chi connectivity index (χ3n) is 1.85. The van der Waals surface area contributed by atoms with Gasteiger partial charge in [0, 0.05) is 12.5 Å². The monoisotopic (exact) mass is 185 g/mol. The van der Waals surface area contributed by atoms with Crippen molar-refractivity contribution in [3.05, 3.63) is 0 Å². The third kappa shape index (κ3) is 3.55. The minimum atomic E-state index is -0.959. The summed E-state index contributed by atoms with van der Waals surface area (Å²) in [5.74, 6) is -0.962. The van der Waals surface area contributed by atoms with Crippen molar-refractivity contribution in [1.29, 1.82) is 0 Å². The van der Waals surface area contributed by atoms with E-state index in [1.54, 1.807) is 13.8 Å². The Kier molecular flexibility index (Phi) is 2.71. The minimum Gasteiger partial charge on any atom is -0.389 e. The van der Waals surface area contributed by atoms with Gasteiger partial charge in [-0.25, -0.2) is 0 Å². The van der Waals surface area contributed by atoms with E-state index < -0.39 is 11.5 Å². The van der Waals surface area contributed by atoms with Crippen molar-refractivity contribution in [3.63, 3.8) is 0 Å². The molecule has 0 aromatic carbocycles. The number of hydrogen-bond acceptors (Lipinski definition) is 3. The molecule has 0 saturated heterocycles. The Morgan fingerprint density at radius 1 is 1.46 bits per heavy atom. The Hall–Kier alpha value is -0.900. The van der Waals surface area contributed by atoms with E-state index in [9.17, 15) is 14.7 Å². The number of ketones is 1. The number of carbonyl (C=O) groups is 2. The molecule has 1 saturated carbocycles. The largest absolute Gasteiger partial charge is 0.389 e. The van der Waals surface area contributed by atoms with Gasteiger partial charge in [-0.2, -0.15) is 0 Å². The van der Waals surface area contributed by atoms with Crippen LogP contribution in [0.4, 0.5) is 0 Å². The Balaban J connectivity index is 2.28. The van der Waals surface area contributed by atoms with Gasteiger partial charge in [-0.15, -0.1) is 0 Å². The van der Waals surface area contributed by atoms with Crippen molar-refractivity contribution in [2.45, 2.75) is 32.3 Å². The van der Waals surface area contributed by atoms with E-state index in [0.717, 1.165) is 12.8 Å². The zero-order valence-electron chi connectivity index (χ0n) is 7.96. The first-order chi connectivity index (χ1) is 5.90. The summed E-state index contributed by atoms with van der Waals surface area (Å²) < 4.78 is 0. The molecule has 1 aliphatic carbocycles. The molecular weight excluding hydrogens is 170 g/mol. The molecule has 0 aromatic rings. The van der Waals surface area contributed by atoms with Crippen LogP contribution in [0.25, 0.3) is 0 Å². The van der Waals surface area contributed by atoms with E-state index >= 15 is 0 Å². The fourth-order valence-corrected chi connectivity index (χ4v) is 0.915. The summed E-state index contributed by atoms with van der Waals surface area (Å²) in [7, 11) is 0. The molecule has 2 N–H and O–H groups in total. The van der Waals surface area contributed by atoms with Crippen molar-refractivity contribution in [2.24, 2.45) is 5.92 Å². The summed E-state index contributed by atoms with van der Waals surface area (Å²) in [5, 5.41) is 11.7. The molecule has 0 bridgehead atoms. The van der Waals surface area contributed by atoms with Crippen LogP contribution in [0.1, 0.15) is 26.7 Å². The predicted molar refractivity (Wildman–Crippen MR) is 47.0 cm³/mol. The molecule has 13 heavy (non-hydrogen) atoms. The number of rotatable bonds is 4. The maximum atomic E-state index is 11.1. The number of Topliss-reactive ketones (excluding diaryl/α,β-unsaturated/α-hetero) is 1. The van der Waals surface area contributed by atoms with E-state index in [2.05, 4.69) is 5.32 Å². The normalized spacial score (nSPS) is 16.8. The summed E-state index contributed by atoms with van der Waals surface area (Å²) in [6.45, 7) is 3.27. The van der Waals surface area contributed by atoms with Crippen molar-refractivity contribution in [3.8, 4) is 0 Å². The van der Waals surface area contributed by atoms with Crippen LogP contribution >= 0.6 is 0 Å². The standard InChI is InChI=1S/C9H15NO3/c1-9(2,13)5-10-8(12)7(11)6-3-4-6/h6,13H,3-5H2,1-2H3,(H,10,12). The van der Waals surface area contributed by atoms with Crippen LogP contribution in [0.5, 0.6) is 0 Å². The molecule has 4 nitrogen and oxygen atoms in total. The van der Waals surface area contributed by atoms with Crippen molar-refractivity contribution >= 4 is 11.7 Å². The molecular formula is C9H15NO3. The lowest BCUT2D eigenvalue weighted by molar-refractivity contribution is -0.139. The van der Waals surface area contributed by atoms with E-state index in [1.807, 2.05) is 0 Å². The number of amides is 1. The van der Waals surface area contributed by atoms with Gasteiger partial charge in [-0.1, -0.05) is 0 Å². The second kappa shape index (κ2) is 3.46. The summed E-state index contributed by atoms with van der Waals surface area (Å²) in [5.41, 5.74) is -0.959. The van der Waals surface area contributed by atoms with Crippen molar-refractivity contribution in [1.82, 2.24) is 5.32 Å². The van der Waals surface area contributed by atoms with Gasteiger partial charge in [0.15, 0.2) is 0 Å². The van der Waals surface area contributed by atoms with Gasteiger partial charge in [0.2, 0.25) is 5.78 Å².